The molecule has 5 nitrogen and oxygen atoms in total. The Hall–Kier alpha value is -2.27. The quantitative estimate of drug-likeness (QED) is 0.902. The summed E-state index contributed by atoms with van der Waals surface area (Å²) in [7, 11) is 1.56. The predicted octanol–water partition coefficient (Wildman–Crippen LogP) is 3.94. The number of aromatic nitrogens is 1. The monoisotopic (exact) mass is 331 g/mol. The molecule has 1 fully saturated rings. The third-order valence-corrected chi connectivity index (χ3v) is 3.99. The fourth-order valence-electron chi connectivity index (χ4n) is 2.40. The number of amides is 2. The summed E-state index contributed by atoms with van der Waals surface area (Å²) in [6, 6.07) is 9.13. The smallest absolute Gasteiger partial charge is 0.322 e. The molecule has 1 saturated carbocycles. The van der Waals surface area contributed by atoms with E-state index in [9.17, 15) is 4.79 Å². The average Bonchev–Trinajstić information content (AvgIpc) is 3.38. The number of halogens is 1. The first kappa shape index (κ1) is 15.6. The third kappa shape index (κ3) is 3.93. The average molecular weight is 332 g/mol. The highest BCUT2D eigenvalue weighted by molar-refractivity contribution is 6.31. The van der Waals surface area contributed by atoms with E-state index in [2.05, 4.69) is 10.3 Å². The summed E-state index contributed by atoms with van der Waals surface area (Å²) >= 11 is 6.01. The summed E-state index contributed by atoms with van der Waals surface area (Å²) in [4.78, 5) is 18.5. The Bertz CT molecular complexity index is 689. The molecule has 0 atom stereocenters. The molecule has 2 amide bonds. The van der Waals surface area contributed by atoms with Crippen LogP contribution in [0.3, 0.4) is 0 Å². The molecular weight excluding hydrogens is 314 g/mol. The number of benzene rings is 1. The molecule has 23 heavy (non-hydrogen) atoms. The number of rotatable bonds is 5. The largest absolute Gasteiger partial charge is 0.495 e. The molecular formula is C17H18ClN3O2. The van der Waals surface area contributed by atoms with Crippen molar-refractivity contribution < 1.29 is 9.53 Å². The first-order valence-corrected chi connectivity index (χ1v) is 7.85. The number of ether oxygens (including phenoxy) is 1. The Morgan fingerprint density at radius 2 is 2.09 bits per heavy atom. The summed E-state index contributed by atoms with van der Waals surface area (Å²) in [5, 5.41) is 3.46. The molecule has 1 aliphatic carbocycles. The Balaban J connectivity index is 1.76. The molecule has 0 bridgehead atoms. The first-order chi connectivity index (χ1) is 11.2. The number of hydrogen-bond donors (Lipinski definition) is 1. The van der Waals surface area contributed by atoms with E-state index in [1.807, 2.05) is 17.0 Å². The van der Waals surface area contributed by atoms with Crippen LogP contribution in [0.2, 0.25) is 5.02 Å². The minimum atomic E-state index is -0.148. The number of urea groups is 1. The number of nitrogens with one attached hydrogen (secondary N) is 1. The van der Waals surface area contributed by atoms with E-state index in [0.29, 0.717) is 23.0 Å². The highest BCUT2D eigenvalue weighted by Gasteiger charge is 2.33. The van der Waals surface area contributed by atoms with Gasteiger partial charge in [-0.3, -0.25) is 4.98 Å². The second-order valence-corrected chi connectivity index (χ2v) is 5.93. The van der Waals surface area contributed by atoms with Gasteiger partial charge in [-0.15, -0.1) is 0 Å². The van der Waals surface area contributed by atoms with Gasteiger partial charge in [-0.1, -0.05) is 11.6 Å². The Labute approximate surface area is 140 Å². The van der Waals surface area contributed by atoms with Gasteiger partial charge >= 0.3 is 6.03 Å². The van der Waals surface area contributed by atoms with Crippen LogP contribution in [0.5, 0.6) is 5.75 Å². The van der Waals surface area contributed by atoms with Crippen LogP contribution in [0.15, 0.2) is 42.7 Å². The van der Waals surface area contributed by atoms with Crippen molar-refractivity contribution in [2.45, 2.75) is 25.4 Å². The van der Waals surface area contributed by atoms with Gasteiger partial charge in [0.05, 0.1) is 12.8 Å². The van der Waals surface area contributed by atoms with Crippen molar-refractivity contribution in [2.24, 2.45) is 0 Å². The zero-order valence-corrected chi connectivity index (χ0v) is 13.6. The predicted molar refractivity (Wildman–Crippen MR) is 89.8 cm³/mol. The topological polar surface area (TPSA) is 54.5 Å². The lowest BCUT2D eigenvalue weighted by atomic mass is 10.2. The number of anilines is 1. The summed E-state index contributed by atoms with van der Waals surface area (Å²) in [5.41, 5.74) is 1.63. The van der Waals surface area contributed by atoms with Crippen molar-refractivity contribution in [1.29, 1.82) is 0 Å². The summed E-state index contributed by atoms with van der Waals surface area (Å²) in [6.07, 6.45) is 5.53. The van der Waals surface area contributed by atoms with E-state index in [0.717, 1.165) is 18.4 Å². The first-order valence-electron chi connectivity index (χ1n) is 7.47. The fraction of sp³-hybridized carbons (Fsp3) is 0.294. The molecule has 1 heterocycles. The number of carbonyl (C=O) groups excluding carboxylic acids is 1. The summed E-state index contributed by atoms with van der Waals surface area (Å²) in [6.45, 7) is 0.557. The van der Waals surface area contributed by atoms with Gasteiger partial charge in [-0.05, 0) is 48.7 Å². The van der Waals surface area contributed by atoms with Crippen molar-refractivity contribution in [2.75, 3.05) is 12.4 Å². The summed E-state index contributed by atoms with van der Waals surface area (Å²) in [5.74, 6) is 0.586. The van der Waals surface area contributed by atoms with Gasteiger partial charge < -0.3 is 15.0 Å². The minimum absolute atomic E-state index is 0.148. The number of nitrogens with zero attached hydrogens (tertiary/aromatic N) is 2. The highest BCUT2D eigenvalue weighted by Crippen LogP contribution is 2.31. The second kappa shape index (κ2) is 6.87. The molecule has 0 unspecified atom stereocenters. The van der Waals surface area contributed by atoms with E-state index < -0.39 is 0 Å². The number of hydrogen-bond acceptors (Lipinski definition) is 3. The molecule has 120 valence electrons. The Morgan fingerprint density at radius 1 is 1.35 bits per heavy atom. The van der Waals surface area contributed by atoms with E-state index in [-0.39, 0.29) is 12.1 Å². The molecule has 1 N–H and O–H groups in total. The van der Waals surface area contributed by atoms with Crippen LogP contribution in [0.1, 0.15) is 18.4 Å². The zero-order chi connectivity index (χ0) is 16.2. The molecule has 3 rings (SSSR count). The lowest BCUT2D eigenvalue weighted by Crippen LogP contribution is -2.36. The molecule has 0 aliphatic heterocycles. The standard InChI is InChI=1S/C17H18ClN3O2/c1-23-16-5-2-13(18)10-15(16)20-17(22)21(14-3-4-14)11-12-6-8-19-9-7-12/h2,5-10,14H,3-4,11H2,1H3,(H,20,22). The zero-order valence-electron chi connectivity index (χ0n) is 12.8. The van der Waals surface area contributed by atoms with Gasteiger partial charge in [0.2, 0.25) is 0 Å². The normalized spacial score (nSPS) is 13.5. The molecule has 0 radical (unpaired) electrons. The maximum absolute atomic E-state index is 12.7. The van der Waals surface area contributed by atoms with Gasteiger partial charge in [-0.25, -0.2) is 4.79 Å². The van der Waals surface area contributed by atoms with Crippen molar-refractivity contribution in [3.8, 4) is 5.75 Å². The van der Waals surface area contributed by atoms with Crippen LogP contribution in [0, 0.1) is 0 Å². The number of methoxy groups -OCH3 is 1. The van der Waals surface area contributed by atoms with Gasteiger partial charge in [0, 0.05) is 30.0 Å². The number of carbonyl (C=O) groups is 1. The van der Waals surface area contributed by atoms with Crippen LogP contribution in [-0.4, -0.2) is 29.1 Å². The van der Waals surface area contributed by atoms with Crippen molar-refractivity contribution in [3.63, 3.8) is 0 Å². The van der Waals surface area contributed by atoms with Crippen molar-refractivity contribution in [1.82, 2.24) is 9.88 Å². The molecule has 1 aliphatic rings. The van der Waals surface area contributed by atoms with Crippen LogP contribution in [0.4, 0.5) is 10.5 Å². The number of pyridine rings is 1. The lowest BCUT2D eigenvalue weighted by molar-refractivity contribution is 0.206. The Morgan fingerprint density at radius 3 is 2.74 bits per heavy atom. The maximum atomic E-state index is 12.7. The van der Waals surface area contributed by atoms with Crippen molar-refractivity contribution in [3.05, 3.63) is 53.3 Å². The molecule has 0 spiro atoms. The van der Waals surface area contributed by atoms with Crippen LogP contribution in [-0.2, 0) is 6.54 Å². The van der Waals surface area contributed by atoms with E-state index in [4.69, 9.17) is 16.3 Å². The van der Waals surface area contributed by atoms with Gasteiger partial charge in [-0.2, -0.15) is 0 Å². The molecule has 0 saturated heterocycles. The SMILES string of the molecule is COc1ccc(Cl)cc1NC(=O)N(Cc1ccncc1)C1CC1. The van der Waals surface area contributed by atoms with E-state index >= 15 is 0 Å². The molecule has 1 aromatic carbocycles. The van der Waals surface area contributed by atoms with Gasteiger partial charge in [0.1, 0.15) is 5.75 Å². The lowest BCUT2D eigenvalue weighted by Gasteiger charge is -2.23. The highest BCUT2D eigenvalue weighted by atomic mass is 35.5. The van der Waals surface area contributed by atoms with Crippen LogP contribution in [0.25, 0.3) is 0 Å². The maximum Gasteiger partial charge on any atom is 0.322 e. The van der Waals surface area contributed by atoms with E-state index in [1.165, 1.54) is 0 Å². The summed E-state index contributed by atoms with van der Waals surface area (Å²) < 4.78 is 5.28. The van der Waals surface area contributed by atoms with Crippen molar-refractivity contribution >= 4 is 23.3 Å². The Kier molecular flexibility index (Phi) is 4.67. The fourth-order valence-corrected chi connectivity index (χ4v) is 2.57. The molecule has 1 aromatic heterocycles. The molecule has 6 heteroatoms. The van der Waals surface area contributed by atoms with Crippen LogP contribution < -0.4 is 10.1 Å². The van der Waals surface area contributed by atoms with Crippen LogP contribution >= 0.6 is 11.6 Å². The van der Waals surface area contributed by atoms with E-state index in [1.54, 1.807) is 37.7 Å². The van der Waals surface area contributed by atoms with Gasteiger partial charge in [0.25, 0.3) is 0 Å². The second-order valence-electron chi connectivity index (χ2n) is 5.49. The minimum Gasteiger partial charge on any atom is -0.495 e. The third-order valence-electron chi connectivity index (χ3n) is 3.75. The van der Waals surface area contributed by atoms with Gasteiger partial charge in [0.15, 0.2) is 0 Å². The molecule has 2 aromatic rings.